The zero-order valence-electron chi connectivity index (χ0n) is 18.5. The van der Waals surface area contributed by atoms with Crippen molar-refractivity contribution in [3.63, 3.8) is 0 Å². The van der Waals surface area contributed by atoms with E-state index in [1.54, 1.807) is 0 Å². The SMILES string of the molecule is Cc1cc(C(=O)CSc2nnc(COc3ccc(F)cc3)o2)c(C)n1CCc1ccccc1. The van der Waals surface area contributed by atoms with Gasteiger partial charge in [-0.2, -0.15) is 0 Å². The van der Waals surface area contributed by atoms with Gasteiger partial charge in [0.05, 0.1) is 5.75 Å². The van der Waals surface area contributed by atoms with E-state index in [0.29, 0.717) is 16.5 Å². The molecule has 0 aliphatic rings. The summed E-state index contributed by atoms with van der Waals surface area (Å²) in [6.45, 7) is 4.89. The molecule has 6 nitrogen and oxygen atoms in total. The molecule has 8 heteroatoms. The number of aryl methyl sites for hydroxylation is 2. The first-order valence-corrected chi connectivity index (χ1v) is 11.6. The number of Topliss-reactive ketones (excluding diaryl/α,β-unsaturated/α-hetero) is 1. The van der Waals surface area contributed by atoms with E-state index in [-0.39, 0.29) is 29.9 Å². The number of ketones is 1. The van der Waals surface area contributed by atoms with Crippen molar-refractivity contribution in [1.82, 2.24) is 14.8 Å². The number of nitrogens with zero attached hydrogens (tertiary/aromatic N) is 3. The standard InChI is InChI=1S/C25H24FN3O3S/c1-17-14-22(18(2)29(17)13-12-19-6-4-3-5-7-19)23(30)16-33-25-28-27-24(32-25)15-31-21-10-8-20(26)9-11-21/h3-11,14H,12-13,15-16H2,1-2H3. The van der Waals surface area contributed by atoms with Crippen LogP contribution >= 0.6 is 11.8 Å². The Morgan fingerprint density at radius 2 is 1.85 bits per heavy atom. The fraction of sp³-hybridized carbons (Fsp3) is 0.240. The van der Waals surface area contributed by atoms with Crippen molar-refractivity contribution in [2.75, 3.05) is 5.75 Å². The summed E-state index contributed by atoms with van der Waals surface area (Å²) in [7, 11) is 0. The van der Waals surface area contributed by atoms with Crippen LogP contribution in [0.3, 0.4) is 0 Å². The van der Waals surface area contributed by atoms with Gasteiger partial charge in [0.15, 0.2) is 12.4 Å². The molecule has 0 atom stereocenters. The maximum atomic E-state index is 13.0. The Bertz CT molecular complexity index is 1220. The molecule has 2 heterocycles. The third-order valence-electron chi connectivity index (χ3n) is 5.29. The van der Waals surface area contributed by atoms with Crippen LogP contribution < -0.4 is 4.74 Å². The van der Waals surface area contributed by atoms with Crippen LogP contribution in [0.4, 0.5) is 4.39 Å². The zero-order valence-corrected chi connectivity index (χ0v) is 19.3. The van der Waals surface area contributed by atoms with Gasteiger partial charge in [-0.15, -0.1) is 10.2 Å². The average Bonchev–Trinajstić information content (AvgIpc) is 3.40. The van der Waals surface area contributed by atoms with Crippen LogP contribution in [0.25, 0.3) is 0 Å². The monoisotopic (exact) mass is 465 g/mol. The summed E-state index contributed by atoms with van der Waals surface area (Å²) in [5.74, 6) is 0.667. The minimum atomic E-state index is -0.333. The van der Waals surface area contributed by atoms with Gasteiger partial charge in [0.25, 0.3) is 11.1 Å². The number of carbonyl (C=O) groups is 1. The van der Waals surface area contributed by atoms with Crippen molar-refractivity contribution < 1.29 is 18.3 Å². The molecule has 4 rings (SSSR count). The van der Waals surface area contributed by atoms with E-state index in [2.05, 4.69) is 26.9 Å². The van der Waals surface area contributed by atoms with Gasteiger partial charge in [-0.3, -0.25) is 4.79 Å². The molecular formula is C25H24FN3O3S. The lowest BCUT2D eigenvalue weighted by Crippen LogP contribution is -2.08. The van der Waals surface area contributed by atoms with Gasteiger partial charge in [-0.25, -0.2) is 4.39 Å². The first kappa shape index (κ1) is 22.8. The largest absolute Gasteiger partial charge is 0.484 e. The van der Waals surface area contributed by atoms with Crippen LogP contribution in [0.1, 0.15) is 33.2 Å². The lowest BCUT2D eigenvalue weighted by Gasteiger charge is -2.10. The summed E-state index contributed by atoms with van der Waals surface area (Å²) in [4.78, 5) is 12.8. The highest BCUT2D eigenvalue weighted by atomic mass is 32.2. The summed E-state index contributed by atoms with van der Waals surface area (Å²) in [5, 5.41) is 8.21. The summed E-state index contributed by atoms with van der Waals surface area (Å²) in [6.07, 6.45) is 0.907. The second kappa shape index (κ2) is 10.5. The predicted molar refractivity (Wildman–Crippen MR) is 124 cm³/mol. The molecular weight excluding hydrogens is 441 g/mol. The zero-order chi connectivity index (χ0) is 23.2. The molecule has 2 aromatic carbocycles. The van der Waals surface area contributed by atoms with E-state index in [4.69, 9.17) is 9.15 Å². The Hall–Kier alpha value is -3.39. The maximum absolute atomic E-state index is 13.0. The number of benzene rings is 2. The highest BCUT2D eigenvalue weighted by molar-refractivity contribution is 7.99. The second-order valence-electron chi connectivity index (χ2n) is 7.59. The molecule has 0 bridgehead atoms. The number of hydrogen-bond donors (Lipinski definition) is 0. The van der Waals surface area contributed by atoms with Gasteiger partial charge in [0.2, 0.25) is 0 Å². The molecule has 0 amide bonds. The first-order valence-electron chi connectivity index (χ1n) is 10.6. The van der Waals surface area contributed by atoms with Crippen LogP contribution in [-0.4, -0.2) is 26.3 Å². The summed E-state index contributed by atoms with van der Waals surface area (Å²) >= 11 is 1.20. The third-order valence-corrected chi connectivity index (χ3v) is 6.11. The molecule has 0 radical (unpaired) electrons. The van der Waals surface area contributed by atoms with E-state index in [1.807, 2.05) is 38.1 Å². The van der Waals surface area contributed by atoms with E-state index in [0.717, 1.165) is 24.4 Å². The second-order valence-corrected chi connectivity index (χ2v) is 8.51. The van der Waals surface area contributed by atoms with Crippen molar-refractivity contribution in [2.24, 2.45) is 0 Å². The number of thioether (sulfide) groups is 1. The molecule has 0 unspecified atom stereocenters. The summed E-state index contributed by atoms with van der Waals surface area (Å²) in [5.41, 5.74) is 4.01. The van der Waals surface area contributed by atoms with Gasteiger partial charge in [0, 0.05) is 23.5 Å². The van der Waals surface area contributed by atoms with Crippen molar-refractivity contribution in [3.05, 3.63) is 94.9 Å². The molecule has 170 valence electrons. The number of aromatic nitrogens is 3. The number of ether oxygens (including phenoxy) is 1. The van der Waals surface area contributed by atoms with E-state index in [1.165, 1.54) is 41.6 Å². The number of rotatable bonds is 10. The van der Waals surface area contributed by atoms with Crippen LogP contribution in [0.5, 0.6) is 5.75 Å². The normalized spacial score (nSPS) is 11.0. The maximum Gasteiger partial charge on any atom is 0.277 e. The smallest absolute Gasteiger partial charge is 0.277 e. The highest BCUT2D eigenvalue weighted by Gasteiger charge is 2.17. The van der Waals surface area contributed by atoms with E-state index < -0.39 is 0 Å². The predicted octanol–water partition coefficient (Wildman–Crippen LogP) is 5.42. The lowest BCUT2D eigenvalue weighted by molar-refractivity contribution is 0.102. The Morgan fingerprint density at radius 1 is 1.09 bits per heavy atom. The molecule has 0 spiro atoms. The van der Waals surface area contributed by atoms with Gasteiger partial charge >= 0.3 is 0 Å². The first-order chi connectivity index (χ1) is 16.0. The van der Waals surface area contributed by atoms with Gasteiger partial charge < -0.3 is 13.7 Å². The summed E-state index contributed by atoms with van der Waals surface area (Å²) < 4.78 is 26.2. The number of halogens is 1. The van der Waals surface area contributed by atoms with Gasteiger partial charge in [0.1, 0.15) is 11.6 Å². The van der Waals surface area contributed by atoms with Gasteiger partial charge in [-0.1, -0.05) is 42.1 Å². The number of carbonyl (C=O) groups excluding carboxylic acids is 1. The molecule has 0 saturated carbocycles. The van der Waals surface area contributed by atoms with Crippen molar-refractivity contribution in [2.45, 2.75) is 38.6 Å². The Balaban J connectivity index is 1.31. The Kier molecular flexibility index (Phi) is 7.24. The van der Waals surface area contributed by atoms with Crippen LogP contribution in [0.2, 0.25) is 0 Å². The minimum absolute atomic E-state index is 0.0152. The fourth-order valence-corrected chi connectivity index (χ4v) is 4.21. The van der Waals surface area contributed by atoms with E-state index in [9.17, 15) is 9.18 Å². The van der Waals surface area contributed by atoms with Crippen molar-refractivity contribution in [3.8, 4) is 5.75 Å². The fourth-order valence-electron chi connectivity index (χ4n) is 3.55. The van der Waals surface area contributed by atoms with Crippen molar-refractivity contribution >= 4 is 17.5 Å². The Labute approximate surface area is 195 Å². The van der Waals surface area contributed by atoms with Crippen LogP contribution in [-0.2, 0) is 19.6 Å². The molecule has 33 heavy (non-hydrogen) atoms. The molecule has 0 saturated heterocycles. The third kappa shape index (κ3) is 5.90. The lowest BCUT2D eigenvalue weighted by atomic mass is 10.1. The van der Waals surface area contributed by atoms with Gasteiger partial charge in [-0.05, 0) is 56.2 Å². The molecule has 2 aromatic heterocycles. The quantitative estimate of drug-likeness (QED) is 0.230. The van der Waals surface area contributed by atoms with E-state index >= 15 is 0 Å². The topological polar surface area (TPSA) is 70.2 Å². The molecule has 0 N–H and O–H groups in total. The molecule has 4 aromatic rings. The average molecular weight is 466 g/mol. The number of hydrogen-bond acceptors (Lipinski definition) is 6. The minimum Gasteiger partial charge on any atom is -0.484 e. The molecule has 0 aliphatic heterocycles. The molecule has 0 fully saturated rings. The van der Waals surface area contributed by atoms with Crippen molar-refractivity contribution in [1.29, 1.82) is 0 Å². The highest BCUT2D eigenvalue weighted by Crippen LogP contribution is 2.22. The Morgan fingerprint density at radius 3 is 2.61 bits per heavy atom. The summed E-state index contributed by atoms with van der Waals surface area (Å²) in [6, 6.07) is 17.9. The molecule has 0 aliphatic carbocycles. The van der Waals surface area contributed by atoms with Crippen LogP contribution in [0.15, 0.2) is 70.3 Å². The van der Waals surface area contributed by atoms with Crippen LogP contribution in [0, 0.1) is 19.7 Å².